The zero-order valence-corrected chi connectivity index (χ0v) is 17.1. The summed E-state index contributed by atoms with van der Waals surface area (Å²) in [6.45, 7) is 12.1. The van der Waals surface area contributed by atoms with E-state index in [1.54, 1.807) is 6.20 Å². The van der Waals surface area contributed by atoms with Gasteiger partial charge in [-0.1, -0.05) is 0 Å². The summed E-state index contributed by atoms with van der Waals surface area (Å²) >= 11 is 0. The number of anilines is 2. The van der Waals surface area contributed by atoms with Gasteiger partial charge in [-0.2, -0.15) is 4.98 Å². The molecule has 3 rings (SSSR count). The Bertz CT molecular complexity index is 523. The van der Waals surface area contributed by atoms with E-state index in [2.05, 4.69) is 24.7 Å². The Kier molecular flexibility index (Phi) is 9.22. The second kappa shape index (κ2) is 12.2. The molecule has 3 heterocycles. The maximum absolute atomic E-state index is 5.82. The molecule has 1 aromatic rings. The SMILES string of the molecule is Nc1nccc(N(CCCCN2CCOCC2)CCCCN2CCOCC2)n1. The molecular weight excluding hydrogens is 356 g/mol. The molecule has 2 aliphatic rings. The second-order valence-corrected chi connectivity index (χ2v) is 7.58. The maximum Gasteiger partial charge on any atom is 0.221 e. The van der Waals surface area contributed by atoms with Crippen molar-refractivity contribution in [3.8, 4) is 0 Å². The number of hydrogen-bond donors (Lipinski definition) is 1. The zero-order valence-electron chi connectivity index (χ0n) is 17.1. The molecule has 0 amide bonds. The highest BCUT2D eigenvalue weighted by Gasteiger charge is 2.13. The average Bonchev–Trinajstić information content (AvgIpc) is 2.74. The van der Waals surface area contributed by atoms with Crippen LogP contribution in [-0.4, -0.2) is 98.6 Å². The fourth-order valence-corrected chi connectivity index (χ4v) is 3.81. The van der Waals surface area contributed by atoms with Crippen molar-refractivity contribution in [1.82, 2.24) is 19.8 Å². The van der Waals surface area contributed by atoms with Gasteiger partial charge in [0.05, 0.1) is 26.4 Å². The van der Waals surface area contributed by atoms with Gasteiger partial charge in [-0.15, -0.1) is 0 Å². The Morgan fingerprint density at radius 2 is 1.39 bits per heavy atom. The smallest absolute Gasteiger partial charge is 0.221 e. The van der Waals surface area contributed by atoms with Gasteiger partial charge in [0.2, 0.25) is 5.95 Å². The summed E-state index contributed by atoms with van der Waals surface area (Å²) in [6.07, 6.45) is 6.47. The number of nitrogens with two attached hydrogens (primary N) is 1. The lowest BCUT2D eigenvalue weighted by atomic mass is 10.2. The van der Waals surface area contributed by atoms with E-state index in [0.29, 0.717) is 5.95 Å². The van der Waals surface area contributed by atoms with E-state index in [0.717, 1.165) is 97.4 Å². The predicted molar refractivity (Wildman–Crippen MR) is 112 cm³/mol. The number of nitrogens with zero attached hydrogens (tertiary/aromatic N) is 5. The molecule has 0 bridgehead atoms. The van der Waals surface area contributed by atoms with E-state index in [9.17, 15) is 0 Å². The molecule has 2 aliphatic heterocycles. The molecule has 2 fully saturated rings. The lowest BCUT2D eigenvalue weighted by Crippen LogP contribution is -2.37. The summed E-state index contributed by atoms with van der Waals surface area (Å²) in [6, 6.07) is 1.97. The van der Waals surface area contributed by atoms with Gasteiger partial charge in [-0.25, -0.2) is 4.98 Å². The van der Waals surface area contributed by atoms with Crippen LogP contribution in [0.5, 0.6) is 0 Å². The lowest BCUT2D eigenvalue weighted by Gasteiger charge is -2.28. The quantitative estimate of drug-likeness (QED) is 0.561. The van der Waals surface area contributed by atoms with E-state index in [1.807, 2.05) is 6.07 Å². The van der Waals surface area contributed by atoms with E-state index in [-0.39, 0.29) is 0 Å². The van der Waals surface area contributed by atoms with Crippen molar-refractivity contribution in [2.45, 2.75) is 25.7 Å². The van der Waals surface area contributed by atoms with Gasteiger partial charge in [0.1, 0.15) is 5.82 Å². The Hall–Kier alpha value is -1.48. The van der Waals surface area contributed by atoms with Crippen LogP contribution in [0.25, 0.3) is 0 Å². The fraction of sp³-hybridized carbons (Fsp3) is 0.800. The van der Waals surface area contributed by atoms with E-state index >= 15 is 0 Å². The van der Waals surface area contributed by atoms with Gasteiger partial charge in [-0.3, -0.25) is 9.80 Å². The molecule has 0 aromatic carbocycles. The van der Waals surface area contributed by atoms with Gasteiger partial charge in [0.25, 0.3) is 0 Å². The fourth-order valence-electron chi connectivity index (χ4n) is 3.81. The van der Waals surface area contributed by atoms with Crippen molar-refractivity contribution < 1.29 is 9.47 Å². The summed E-state index contributed by atoms with van der Waals surface area (Å²) < 4.78 is 10.9. The molecule has 0 aliphatic carbocycles. The molecule has 1 aromatic heterocycles. The molecule has 8 nitrogen and oxygen atoms in total. The van der Waals surface area contributed by atoms with Gasteiger partial charge < -0.3 is 20.1 Å². The van der Waals surface area contributed by atoms with Crippen LogP contribution in [0.3, 0.4) is 0 Å². The summed E-state index contributed by atoms with van der Waals surface area (Å²) in [5, 5.41) is 0. The average molecular weight is 393 g/mol. The molecule has 0 radical (unpaired) electrons. The first-order valence-corrected chi connectivity index (χ1v) is 10.7. The minimum atomic E-state index is 0.351. The van der Waals surface area contributed by atoms with Crippen molar-refractivity contribution in [3.63, 3.8) is 0 Å². The molecule has 0 atom stereocenters. The third-order valence-electron chi connectivity index (χ3n) is 5.50. The number of rotatable bonds is 11. The minimum absolute atomic E-state index is 0.351. The Labute approximate surface area is 169 Å². The van der Waals surface area contributed by atoms with E-state index in [4.69, 9.17) is 15.2 Å². The summed E-state index contributed by atoms with van der Waals surface area (Å²) in [4.78, 5) is 15.9. The molecule has 158 valence electrons. The van der Waals surface area contributed by atoms with Gasteiger partial charge in [0, 0.05) is 45.5 Å². The van der Waals surface area contributed by atoms with Crippen molar-refractivity contribution in [2.75, 3.05) is 89.4 Å². The van der Waals surface area contributed by atoms with Crippen LogP contribution in [0, 0.1) is 0 Å². The molecular formula is C20H36N6O2. The van der Waals surface area contributed by atoms with Crippen LogP contribution in [-0.2, 0) is 9.47 Å². The first kappa shape index (κ1) is 21.2. The summed E-state index contributed by atoms with van der Waals surface area (Å²) in [5.74, 6) is 1.30. The third-order valence-corrected chi connectivity index (χ3v) is 5.50. The predicted octanol–water partition coefficient (Wildman–Crippen LogP) is 1.09. The van der Waals surface area contributed by atoms with Crippen molar-refractivity contribution in [3.05, 3.63) is 12.3 Å². The molecule has 0 saturated carbocycles. The number of aromatic nitrogens is 2. The van der Waals surface area contributed by atoms with Crippen LogP contribution >= 0.6 is 0 Å². The topological polar surface area (TPSA) is 80.0 Å². The molecule has 8 heteroatoms. The normalized spacial score (nSPS) is 19.0. The number of morpholine rings is 2. The molecule has 2 saturated heterocycles. The zero-order chi connectivity index (χ0) is 19.4. The molecule has 2 N–H and O–H groups in total. The first-order valence-electron chi connectivity index (χ1n) is 10.7. The van der Waals surface area contributed by atoms with Gasteiger partial charge >= 0.3 is 0 Å². The number of hydrogen-bond acceptors (Lipinski definition) is 8. The Morgan fingerprint density at radius 3 is 1.89 bits per heavy atom. The highest BCUT2D eigenvalue weighted by atomic mass is 16.5. The lowest BCUT2D eigenvalue weighted by molar-refractivity contribution is 0.0371. The highest BCUT2D eigenvalue weighted by Crippen LogP contribution is 2.14. The minimum Gasteiger partial charge on any atom is -0.379 e. The van der Waals surface area contributed by atoms with Crippen molar-refractivity contribution >= 4 is 11.8 Å². The summed E-state index contributed by atoms with van der Waals surface area (Å²) in [7, 11) is 0. The number of ether oxygens (including phenoxy) is 2. The van der Waals surface area contributed by atoms with Crippen molar-refractivity contribution in [2.24, 2.45) is 0 Å². The van der Waals surface area contributed by atoms with Crippen LogP contribution in [0.15, 0.2) is 12.3 Å². The van der Waals surface area contributed by atoms with Crippen LogP contribution in [0.1, 0.15) is 25.7 Å². The second-order valence-electron chi connectivity index (χ2n) is 7.58. The largest absolute Gasteiger partial charge is 0.379 e. The van der Waals surface area contributed by atoms with Crippen LogP contribution in [0.4, 0.5) is 11.8 Å². The van der Waals surface area contributed by atoms with Crippen LogP contribution < -0.4 is 10.6 Å². The third kappa shape index (κ3) is 7.50. The van der Waals surface area contributed by atoms with Crippen molar-refractivity contribution in [1.29, 1.82) is 0 Å². The number of nitrogen functional groups attached to an aromatic ring is 1. The Balaban J connectivity index is 1.40. The van der Waals surface area contributed by atoms with Crippen LogP contribution in [0.2, 0.25) is 0 Å². The standard InChI is InChI=1S/C20H36N6O2/c21-20-22-6-5-19(23-20)26(9-3-1-7-24-11-15-27-16-12-24)10-4-2-8-25-13-17-28-18-14-25/h5-6H,1-4,7-18H2,(H2,21,22,23). The molecule has 0 spiro atoms. The Morgan fingerprint density at radius 1 is 0.857 bits per heavy atom. The molecule has 0 unspecified atom stereocenters. The molecule has 28 heavy (non-hydrogen) atoms. The highest BCUT2D eigenvalue weighted by molar-refractivity contribution is 5.40. The van der Waals surface area contributed by atoms with Gasteiger partial charge in [-0.05, 0) is 44.8 Å². The van der Waals surface area contributed by atoms with E-state index in [1.165, 1.54) is 12.8 Å². The van der Waals surface area contributed by atoms with Gasteiger partial charge in [0.15, 0.2) is 0 Å². The maximum atomic E-state index is 5.82. The number of unbranched alkanes of at least 4 members (excludes halogenated alkanes) is 2. The van der Waals surface area contributed by atoms with E-state index < -0.39 is 0 Å². The summed E-state index contributed by atoms with van der Waals surface area (Å²) in [5.41, 5.74) is 5.82. The monoisotopic (exact) mass is 392 g/mol. The first-order chi connectivity index (χ1) is 13.8.